The summed E-state index contributed by atoms with van der Waals surface area (Å²) in [5, 5.41) is 6.18. The molecule has 1 aliphatic rings. The second-order valence-electron chi connectivity index (χ2n) is 7.92. The summed E-state index contributed by atoms with van der Waals surface area (Å²) in [5.41, 5.74) is 3.43. The van der Waals surface area contributed by atoms with Crippen molar-refractivity contribution >= 4 is 11.6 Å². The second-order valence-corrected chi connectivity index (χ2v) is 7.92. The van der Waals surface area contributed by atoms with Crippen molar-refractivity contribution in [3.8, 4) is 5.75 Å². The summed E-state index contributed by atoms with van der Waals surface area (Å²) in [6, 6.07) is 23.6. The largest absolute Gasteiger partial charge is 0.496 e. The quantitative estimate of drug-likeness (QED) is 0.547. The summed E-state index contributed by atoms with van der Waals surface area (Å²) in [4.78, 5) is 15.3. The van der Waals surface area contributed by atoms with Crippen LogP contribution in [-0.4, -0.2) is 42.2 Å². The molecule has 164 valence electrons. The minimum atomic E-state index is -0.372. The molecule has 0 spiro atoms. The summed E-state index contributed by atoms with van der Waals surface area (Å²) < 4.78 is 19.5. The molecule has 1 atom stereocenters. The normalized spacial score (nSPS) is 15.7. The van der Waals surface area contributed by atoms with Crippen LogP contribution in [0.4, 0.5) is 4.39 Å². The SMILES string of the molecule is COc1ccccc1C1=NN(C(=O)CN(C)Cc2ccccc2)[C@H](c2cccc(F)c2)C1. The average molecular weight is 432 g/mol. The lowest BCUT2D eigenvalue weighted by molar-refractivity contribution is -0.134. The number of rotatable bonds is 7. The van der Waals surface area contributed by atoms with E-state index in [-0.39, 0.29) is 24.3 Å². The van der Waals surface area contributed by atoms with Gasteiger partial charge in [0.1, 0.15) is 11.6 Å². The van der Waals surface area contributed by atoms with Crippen LogP contribution < -0.4 is 4.74 Å². The Bertz CT molecular complexity index is 1120. The zero-order valence-electron chi connectivity index (χ0n) is 18.2. The van der Waals surface area contributed by atoms with Gasteiger partial charge in [-0.2, -0.15) is 5.10 Å². The lowest BCUT2D eigenvalue weighted by Crippen LogP contribution is -2.36. The second kappa shape index (κ2) is 9.75. The van der Waals surface area contributed by atoms with Crippen LogP contribution in [0.1, 0.15) is 29.2 Å². The van der Waals surface area contributed by atoms with Crippen molar-refractivity contribution in [2.75, 3.05) is 20.7 Å². The average Bonchev–Trinajstić information content (AvgIpc) is 3.25. The number of carbonyl (C=O) groups excluding carboxylic acids is 1. The molecule has 1 aliphatic heterocycles. The van der Waals surface area contributed by atoms with E-state index in [1.807, 2.05) is 72.6 Å². The molecule has 0 radical (unpaired) electrons. The molecule has 1 amide bonds. The molecular formula is C26H26FN3O2. The number of amides is 1. The lowest BCUT2D eigenvalue weighted by atomic mass is 9.98. The van der Waals surface area contributed by atoms with E-state index in [0.29, 0.717) is 18.7 Å². The van der Waals surface area contributed by atoms with Gasteiger partial charge in [0.25, 0.3) is 5.91 Å². The van der Waals surface area contributed by atoms with Gasteiger partial charge in [0.15, 0.2) is 0 Å². The molecule has 0 saturated heterocycles. The number of hydrazone groups is 1. The van der Waals surface area contributed by atoms with Gasteiger partial charge in [0.2, 0.25) is 0 Å². The highest BCUT2D eigenvalue weighted by molar-refractivity contribution is 6.05. The summed E-state index contributed by atoms with van der Waals surface area (Å²) in [6.07, 6.45) is 0.484. The fraction of sp³-hybridized carbons (Fsp3) is 0.231. The van der Waals surface area contributed by atoms with Crippen LogP contribution in [0.25, 0.3) is 0 Å². The van der Waals surface area contributed by atoms with Crippen molar-refractivity contribution in [3.63, 3.8) is 0 Å². The van der Waals surface area contributed by atoms with E-state index in [1.165, 1.54) is 17.1 Å². The summed E-state index contributed by atoms with van der Waals surface area (Å²) >= 11 is 0. The first-order valence-corrected chi connectivity index (χ1v) is 10.6. The summed E-state index contributed by atoms with van der Waals surface area (Å²) in [5.74, 6) is 0.226. The third-order valence-corrected chi connectivity index (χ3v) is 5.52. The van der Waals surface area contributed by atoms with Crippen molar-refractivity contribution < 1.29 is 13.9 Å². The maximum atomic E-state index is 14.0. The fourth-order valence-electron chi connectivity index (χ4n) is 4.01. The number of likely N-dealkylation sites (N-methyl/N-ethyl adjacent to an activating group) is 1. The fourth-order valence-corrected chi connectivity index (χ4v) is 4.01. The highest BCUT2D eigenvalue weighted by atomic mass is 19.1. The van der Waals surface area contributed by atoms with E-state index in [1.54, 1.807) is 13.2 Å². The van der Waals surface area contributed by atoms with E-state index < -0.39 is 0 Å². The zero-order chi connectivity index (χ0) is 22.5. The van der Waals surface area contributed by atoms with Crippen LogP contribution in [-0.2, 0) is 11.3 Å². The Hall–Kier alpha value is -3.51. The highest BCUT2D eigenvalue weighted by Gasteiger charge is 2.34. The molecule has 6 heteroatoms. The molecule has 0 N–H and O–H groups in total. The number of methoxy groups -OCH3 is 1. The maximum absolute atomic E-state index is 14.0. The predicted octanol–water partition coefficient (Wildman–Crippen LogP) is 4.64. The molecule has 4 rings (SSSR count). The van der Waals surface area contributed by atoms with E-state index in [2.05, 4.69) is 5.10 Å². The summed E-state index contributed by atoms with van der Waals surface area (Å²) in [6.45, 7) is 0.845. The standard InChI is InChI=1S/C26H26FN3O2/c1-29(17-19-9-4-3-5-10-19)18-26(31)30-24(20-11-8-12-21(27)15-20)16-23(28-30)22-13-6-7-14-25(22)32-2/h3-15,24H,16-18H2,1-2H3/t24-/m0/s1. The van der Waals surface area contributed by atoms with Crippen molar-refractivity contribution in [3.05, 3.63) is 101 Å². The Morgan fingerprint density at radius 3 is 2.59 bits per heavy atom. The first kappa shape index (κ1) is 21.7. The van der Waals surface area contributed by atoms with Crippen molar-refractivity contribution in [1.29, 1.82) is 0 Å². The molecule has 0 aromatic heterocycles. The van der Waals surface area contributed by atoms with Crippen LogP contribution in [0.5, 0.6) is 5.75 Å². The van der Waals surface area contributed by atoms with E-state index >= 15 is 0 Å². The molecule has 0 aliphatic carbocycles. The smallest absolute Gasteiger partial charge is 0.257 e. The van der Waals surface area contributed by atoms with Crippen LogP contribution >= 0.6 is 0 Å². The highest BCUT2D eigenvalue weighted by Crippen LogP contribution is 2.35. The van der Waals surface area contributed by atoms with Gasteiger partial charge < -0.3 is 4.74 Å². The Kier molecular flexibility index (Phi) is 6.61. The Morgan fingerprint density at radius 2 is 1.84 bits per heavy atom. The van der Waals surface area contributed by atoms with Gasteiger partial charge in [-0.3, -0.25) is 9.69 Å². The third kappa shape index (κ3) is 4.86. The minimum Gasteiger partial charge on any atom is -0.496 e. The molecule has 3 aromatic rings. The van der Waals surface area contributed by atoms with Crippen LogP contribution in [0.2, 0.25) is 0 Å². The van der Waals surface area contributed by atoms with Gasteiger partial charge >= 0.3 is 0 Å². The van der Waals surface area contributed by atoms with E-state index in [0.717, 1.165) is 22.4 Å². The van der Waals surface area contributed by atoms with Crippen molar-refractivity contribution in [1.82, 2.24) is 9.91 Å². The number of nitrogens with zero attached hydrogens (tertiary/aromatic N) is 3. The molecule has 32 heavy (non-hydrogen) atoms. The van der Waals surface area contributed by atoms with Gasteiger partial charge in [-0.1, -0.05) is 54.6 Å². The number of ether oxygens (including phenoxy) is 1. The number of hydrogen-bond donors (Lipinski definition) is 0. The maximum Gasteiger partial charge on any atom is 0.257 e. The first-order chi connectivity index (χ1) is 15.5. The topological polar surface area (TPSA) is 45.1 Å². The number of halogens is 1. The number of benzene rings is 3. The Morgan fingerprint density at radius 1 is 1.09 bits per heavy atom. The minimum absolute atomic E-state index is 0.136. The number of para-hydroxylation sites is 1. The van der Waals surface area contributed by atoms with Crippen molar-refractivity contribution in [2.45, 2.75) is 19.0 Å². The van der Waals surface area contributed by atoms with Crippen molar-refractivity contribution in [2.24, 2.45) is 5.10 Å². The van der Waals surface area contributed by atoms with Gasteiger partial charge in [0, 0.05) is 18.5 Å². The van der Waals surface area contributed by atoms with Gasteiger partial charge in [-0.25, -0.2) is 9.40 Å². The van der Waals surface area contributed by atoms with Gasteiger partial charge in [-0.15, -0.1) is 0 Å². The molecule has 0 bridgehead atoms. The third-order valence-electron chi connectivity index (χ3n) is 5.52. The van der Waals surface area contributed by atoms with E-state index in [4.69, 9.17) is 4.74 Å². The molecule has 0 fully saturated rings. The molecular weight excluding hydrogens is 405 g/mol. The zero-order valence-corrected chi connectivity index (χ0v) is 18.2. The molecule has 1 heterocycles. The predicted molar refractivity (Wildman–Crippen MR) is 123 cm³/mol. The first-order valence-electron chi connectivity index (χ1n) is 10.6. The van der Waals surface area contributed by atoms with Gasteiger partial charge in [0.05, 0.1) is 25.4 Å². The molecule has 5 nitrogen and oxygen atoms in total. The number of hydrogen-bond acceptors (Lipinski definition) is 4. The Balaban J connectivity index is 1.60. The Labute approximate surface area is 187 Å². The van der Waals surface area contributed by atoms with Crippen LogP contribution in [0.3, 0.4) is 0 Å². The van der Waals surface area contributed by atoms with Crippen LogP contribution in [0, 0.1) is 5.82 Å². The molecule has 3 aromatic carbocycles. The number of carbonyl (C=O) groups is 1. The van der Waals surface area contributed by atoms with Gasteiger partial charge in [-0.05, 0) is 42.4 Å². The van der Waals surface area contributed by atoms with E-state index in [9.17, 15) is 9.18 Å². The van der Waals surface area contributed by atoms with Crippen LogP contribution in [0.15, 0.2) is 84.0 Å². The molecule has 0 unspecified atom stereocenters. The summed E-state index contributed by atoms with van der Waals surface area (Å²) in [7, 11) is 3.52. The monoisotopic (exact) mass is 431 g/mol. The lowest BCUT2D eigenvalue weighted by Gasteiger charge is -2.25. The molecule has 0 saturated carbocycles.